The van der Waals surface area contributed by atoms with E-state index in [2.05, 4.69) is 9.88 Å². The number of methoxy groups -OCH3 is 2. The lowest BCUT2D eigenvalue weighted by Crippen LogP contribution is -2.48. The molecule has 25 heavy (non-hydrogen) atoms. The van der Waals surface area contributed by atoms with E-state index in [1.165, 1.54) is 0 Å². The Hall–Kier alpha value is -2.18. The Kier molecular flexibility index (Phi) is 5.50. The van der Waals surface area contributed by atoms with Crippen LogP contribution in [-0.2, 0) is 6.54 Å². The molecule has 134 valence electrons. The predicted octanol–water partition coefficient (Wildman–Crippen LogP) is 2.64. The van der Waals surface area contributed by atoms with Crippen LogP contribution in [0, 0.1) is 0 Å². The summed E-state index contributed by atoms with van der Waals surface area (Å²) in [5, 5.41) is 0.548. The molecule has 1 aliphatic heterocycles. The fourth-order valence-electron chi connectivity index (χ4n) is 3.02. The van der Waals surface area contributed by atoms with Crippen LogP contribution in [0.25, 0.3) is 0 Å². The molecule has 1 N–H and O–H groups in total. The van der Waals surface area contributed by atoms with Gasteiger partial charge in [-0.1, -0.05) is 11.6 Å². The first-order chi connectivity index (χ1) is 12.1. The van der Waals surface area contributed by atoms with E-state index in [1.54, 1.807) is 26.5 Å². The van der Waals surface area contributed by atoms with Gasteiger partial charge in [-0.15, -0.1) is 0 Å². The summed E-state index contributed by atoms with van der Waals surface area (Å²) >= 11 is 5.88. The monoisotopic (exact) mass is 363 g/mol. The molecule has 0 bridgehead atoms. The molecular formula is C18H22ClN3O3. The van der Waals surface area contributed by atoms with E-state index in [9.17, 15) is 4.79 Å². The normalized spacial score (nSPS) is 15.2. The van der Waals surface area contributed by atoms with Crippen molar-refractivity contribution in [1.29, 1.82) is 0 Å². The highest BCUT2D eigenvalue weighted by Crippen LogP contribution is 2.25. The molecule has 2 aromatic rings. The number of piperazine rings is 1. The van der Waals surface area contributed by atoms with Gasteiger partial charge in [-0.3, -0.25) is 9.69 Å². The number of nitrogens with zero attached hydrogens (tertiary/aromatic N) is 2. The lowest BCUT2D eigenvalue weighted by atomic mass is 10.1. The fourth-order valence-corrected chi connectivity index (χ4v) is 3.18. The number of aromatic amines is 1. The van der Waals surface area contributed by atoms with E-state index in [0.29, 0.717) is 23.8 Å². The van der Waals surface area contributed by atoms with Gasteiger partial charge in [0.2, 0.25) is 0 Å². The van der Waals surface area contributed by atoms with Gasteiger partial charge >= 0.3 is 0 Å². The molecule has 0 radical (unpaired) electrons. The van der Waals surface area contributed by atoms with Gasteiger partial charge in [0.05, 0.1) is 19.2 Å². The standard InChI is InChI=1S/C18H22ClN3O3/c1-24-15-3-4-17(25-2)13(9-15)12-21-5-7-22(8-6-21)18(23)16-10-14(19)11-20-16/h3-4,9-11,20H,5-8,12H2,1-2H3. The largest absolute Gasteiger partial charge is 0.497 e. The van der Waals surface area contributed by atoms with Crippen molar-refractivity contribution < 1.29 is 14.3 Å². The molecule has 1 fully saturated rings. The number of rotatable bonds is 5. The number of hydrogen-bond acceptors (Lipinski definition) is 4. The number of carbonyl (C=O) groups excluding carboxylic acids is 1. The van der Waals surface area contributed by atoms with Crippen LogP contribution in [0.15, 0.2) is 30.5 Å². The van der Waals surface area contributed by atoms with E-state index < -0.39 is 0 Å². The summed E-state index contributed by atoms with van der Waals surface area (Å²) < 4.78 is 10.7. The second kappa shape index (κ2) is 7.80. The molecule has 6 nitrogen and oxygen atoms in total. The summed E-state index contributed by atoms with van der Waals surface area (Å²) in [4.78, 5) is 19.5. The molecule has 0 unspecified atom stereocenters. The Morgan fingerprint density at radius 1 is 1.16 bits per heavy atom. The van der Waals surface area contributed by atoms with Crippen molar-refractivity contribution in [3.8, 4) is 11.5 Å². The van der Waals surface area contributed by atoms with Gasteiger partial charge in [-0.25, -0.2) is 0 Å². The van der Waals surface area contributed by atoms with E-state index in [0.717, 1.165) is 36.7 Å². The van der Waals surface area contributed by atoms with Crippen molar-refractivity contribution in [2.75, 3.05) is 40.4 Å². The maximum atomic E-state index is 12.4. The second-order valence-electron chi connectivity index (χ2n) is 5.98. The van der Waals surface area contributed by atoms with E-state index >= 15 is 0 Å². The van der Waals surface area contributed by atoms with Crippen LogP contribution in [0.4, 0.5) is 0 Å². The zero-order valence-corrected chi connectivity index (χ0v) is 15.2. The van der Waals surface area contributed by atoms with Gasteiger partial charge < -0.3 is 19.4 Å². The Bertz CT molecular complexity index is 739. The van der Waals surface area contributed by atoms with Crippen molar-refractivity contribution in [2.24, 2.45) is 0 Å². The van der Waals surface area contributed by atoms with Gasteiger partial charge in [-0.2, -0.15) is 0 Å². The first-order valence-electron chi connectivity index (χ1n) is 8.17. The van der Waals surface area contributed by atoms with Crippen molar-refractivity contribution in [1.82, 2.24) is 14.8 Å². The lowest BCUT2D eigenvalue weighted by Gasteiger charge is -2.34. The number of ether oxygens (including phenoxy) is 2. The minimum Gasteiger partial charge on any atom is -0.497 e. The molecule has 1 amide bonds. The van der Waals surface area contributed by atoms with Crippen molar-refractivity contribution >= 4 is 17.5 Å². The third kappa shape index (κ3) is 4.08. The summed E-state index contributed by atoms with van der Waals surface area (Å²) in [6.45, 7) is 3.74. The van der Waals surface area contributed by atoms with Crippen LogP contribution < -0.4 is 9.47 Å². The minimum absolute atomic E-state index is 0.00879. The summed E-state index contributed by atoms with van der Waals surface area (Å²) in [6, 6.07) is 7.47. The Balaban J connectivity index is 1.60. The number of H-pyrrole nitrogens is 1. The van der Waals surface area contributed by atoms with Crippen LogP contribution in [0.2, 0.25) is 5.02 Å². The van der Waals surface area contributed by atoms with Crippen molar-refractivity contribution in [3.63, 3.8) is 0 Å². The van der Waals surface area contributed by atoms with Gasteiger partial charge in [0.25, 0.3) is 5.91 Å². The molecule has 1 aliphatic rings. The van der Waals surface area contributed by atoms with Gasteiger partial charge in [0.15, 0.2) is 0 Å². The molecule has 1 aromatic heterocycles. The molecular weight excluding hydrogens is 342 g/mol. The molecule has 1 saturated heterocycles. The Labute approximate surface area is 152 Å². The Morgan fingerprint density at radius 3 is 2.52 bits per heavy atom. The quantitative estimate of drug-likeness (QED) is 0.887. The zero-order valence-electron chi connectivity index (χ0n) is 14.4. The predicted molar refractivity (Wildman–Crippen MR) is 96.5 cm³/mol. The number of carbonyl (C=O) groups is 1. The molecule has 1 aromatic carbocycles. The summed E-state index contributed by atoms with van der Waals surface area (Å²) in [6.07, 6.45) is 1.63. The number of amides is 1. The van der Waals surface area contributed by atoms with E-state index in [-0.39, 0.29) is 5.91 Å². The van der Waals surface area contributed by atoms with Crippen LogP contribution >= 0.6 is 11.6 Å². The van der Waals surface area contributed by atoms with Gasteiger partial charge in [-0.05, 0) is 24.3 Å². The average Bonchev–Trinajstić information content (AvgIpc) is 3.08. The molecule has 0 atom stereocenters. The zero-order chi connectivity index (χ0) is 17.8. The number of aromatic nitrogens is 1. The highest BCUT2D eigenvalue weighted by Gasteiger charge is 2.23. The smallest absolute Gasteiger partial charge is 0.270 e. The van der Waals surface area contributed by atoms with E-state index in [4.69, 9.17) is 21.1 Å². The SMILES string of the molecule is COc1ccc(OC)c(CN2CCN(C(=O)c3cc(Cl)c[nH]3)CC2)c1. The van der Waals surface area contributed by atoms with Crippen LogP contribution in [0.3, 0.4) is 0 Å². The van der Waals surface area contributed by atoms with Crippen LogP contribution in [0.5, 0.6) is 11.5 Å². The molecule has 0 aliphatic carbocycles. The maximum absolute atomic E-state index is 12.4. The highest BCUT2D eigenvalue weighted by molar-refractivity contribution is 6.30. The number of nitrogens with one attached hydrogen (secondary N) is 1. The third-order valence-electron chi connectivity index (χ3n) is 4.42. The molecule has 7 heteroatoms. The number of halogens is 1. The molecule has 2 heterocycles. The number of benzene rings is 1. The topological polar surface area (TPSA) is 57.8 Å². The third-order valence-corrected chi connectivity index (χ3v) is 4.64. The summed E-state index contributed by atoms with van der Waals surface area (Å²) in [7, 11) is 3.33. The van der Waals surface area contributed by atoms with Crippen molar-refractivity contribution in [2.45, 2.75) is 6.54 Å². The minimum atomic E-state index is -0.00879. The average molecular weight is 364 g/mol. The van der Waals surface area contributed by atoms with Gasteiger partial charge in [0, 0.05) is 44.5 Å². The first kappa shape index (κ1) is 17.6. The summed E-state index contributed by atoms with van der Waals surface area (Å²) in [5.74, 6) is 1.65. The van der Waals surface area contributed by atoms with Crippen molar-refractivity contribution in [3.05, 3.63) is 46.7 Å². The van der Waals surface area contributed by atoms with Gasteiger partial charge in [0.1, 0.15) is 17.2 Å². The highest BCUT2D eigenvalue weighted by atomic mass is 35.5. The first-order valence-corrected chi connectivity index (χ1v) is 8.55. The summed E-state index contributed by atoms with van der Waals surface area (Å²) in [5.41, 5.74) is 1.62. The molecule has 0 saturated carbocycles. The molecule has 0 spiro atoms. The lowest BCUT2D eigenvalue weighted by molar-refractivity contribution is 0.0622. The number of hydrogen-bond donors (Lipinski definition) is 1. The maximum Gasteiger partial charge on any atom is 0.270 e. The van der Waals surface area contributed by atoms with E-state index in [1.807, 2.05) is 23.1 Å². The Morgan fingerprint density at radius 2 is 1.92 bits per heavy atom. The fraction of sp³-hybridized carbons (Fsp3) is 0.389. The van der Waals surface area contributed by atoms with Crippen LogP contribution in [0.1, 0.15) is 16.1 Å². The molecule has 3 rings (SSSR count). The second-order valence-corrected chi connectivity index (χ2v) is 6.41. The van der Waals surface area contributed by atoms with Crippen LogP contribution in [-0.4, -0.2) is 61.1 Å².